The van der Waals surface area contributed by atoms with E-state index in [4.69, 9.17) is 4.84 Å². The van der Waals surface area contributed by atoms with E-state index in [2.05, 4.69) is 43.3 Å². The number of aliphatic hydroxyl groups excluding tert-OH is 1. The van der Waals surface area contributed by atoms with Crippen LogP contribution in [0, 0.1) is 5.92 Å². The average molecular weight is 247 g/mol. The molecule has 3 heteroatoms. The first-order valence-corrected chi connectivity index (χ1v) is 6.62. The lowest BCUT2D eigenvalue weighted by molar-refractivity contribution is 0.0439. The first kappa shape index (κ1) is 13.1. The second-order valence-corrected chi connectivity index (χ2v) is 5.09. The van der Waals surface area contributed by atoms with Crippen molar-refractivity contribution in [1.29, 1.82) is 0 Å². The highest BCUT2D eigenvalue weighted by molar-refractivity contribution is 6.03. The van der Waals surface area contributed by atoms with Gasteiger partial charge in [0.05, 0.1) is 18.2 Å². The first-order chi connectivity index (χ1) is 8.67. The maximum absolute atomic E-state index is 9.48. The van der Waals surface area contributed by atoms with E-state index in [1.165, 1.54) is 5.56 Å². The molecule has 1 aliphatic rings. The van der Waals surface area contributed by atoms with Crippen molar-refractivity contribution in [2.24, 2.45) is 11.1 Å². The Kier molecular flexibility index (Phi) is 4.02. The molecule has 0 amide bonds. The molecule has 98 valence electrons. The first-order valence-electron chi connectivity index (χ1n) is 6.62. The topological polar surface area (TPSA) is 41.8 Å². The van der Waals surface area contributed by atoms with Gasteiger partial charge < -0.3 is 9.94 Å². The number of oxime groups is 1. The molecule has 1 aromatic carbocycles. The Hall–Kier alpha value is -1.35. The Balaban J connectivity index is 2.21. The van der Waals surface area contributed by atoms with Gasteiger partial charge in [0.15, 0.2) is 0 Å². The Bertz CT molecular complexity index is 423. The minimum absolute atomic E-state index is 0.0000926. The molecule has 0 aliphatic carbocycles. The quantitative estimate of drug-likeness (QED) is 0.888. The van der Waals surface area contributed by atoms with E-state index in [-0.39, 0.29) is 18.6 Å². The predicted octanol–water partition coefficient (Wildman–Crippen LogP) is 2.93. The van der Waals surface area contributed by atoms with Crippen molar-refractivity contribution < 1.29 is 9.94 Å². The summed E-state index contributed by atoms with van der Waals surface area (Å²) in [4.78, 5) is 5.38. The largest absolute Gasteiger partial charge is 0.396 e. The van der Waals surface area contributed by atoms with Crippen molar-refractivity contribution in [3.63, 3.8) is 0 Å². The Morgan fingerprint density at radius 1 is 1.28 bits per heavy atom. The molecular formula is C15H21NO2. The SMILES string of the molecule is CC[C@@H]1ON=C(c2ccc(C(C)C)cc2)[C@@H]1CO. The molecule has 1 N–H and O–H groups in total. The lowest BCUT2D eigenvalue weighted by Gasteiger charge is -2.15. The van der Waals surface area contributed by atoms with Crippen molar-refractivity contribution in [1.82, 2.24) is 0 Å². The Labute approximate surface area is 108 Å². The fourth-order valence-corrected chi connectivity index (χ4v) is 2.31. The second kappa shape index (κ2) is 5.53. The van der Waals surface area contributed by atoms with Crippen LogP contribution in [0.4, 0.5) is 0 Å². The van der Waals surface area contributed by atoms with E-state index in [1.54, 1.807) is 0 Å². The summed E-state index contributed by atoms with van der Waals surface area (Å²) in [5.74, 6) is 0.526. The molecule has 2 atom stereocenters. The molecule has 0 saturated heterocycles. The number of nitrogens with zero attached hydrogens (tertiary/aromatic N) is 1. The third kappa shape index (κ3) is 2.41. The molecule has 18 heavy (non-hydrogen) atoms. The molecule has 0 spiro atoms. The summed E-state index contributed by atoms with van der Waals surface area (Å²) in [6, 6.07) is 8.38. The highest BCUT2D eigenvalue weighted by Gasteiger charge is 2.33. The number of aliphatic hydroxyl groups is 1. The molecule has 1 heterocycles. The lowest BCUT2D eigenvalue weighted by atomic mass is 9.91. The average Bonchev–Trinajstić information content (AvgIpc) is 2.81. The molecule has 1 aliphatic heterocycles. The molecule has 1 aromatic rings. The van der Waals surface area contributed by atoms with Gasteiger partial charge in [0, 0.05) is 0 Å². The van der Waals surface area contributed by atoms with Gasteiger partial charge in [0.1, 0.15) is 6.10 Å². The fraction of sp³-hybridized carbons (Fsp3) is 0.533. The fourth-order valence-electron chi connectivity index (χ4n) is 2.31. The molecule has 0 unspecified atom stereocenters. The van der Waals surface area contributed by atoms with Crippen LogP contribution in [0.2, 0.25) is 0 Å². The van der Waals surface area contributed by atoms with E-state index in [0.29, 0.717) is 5.92 Å². The van der Waals surface area contributed by atoms with Gasteiger partial charge in [-0.2, -0.15) is 0 Å². The number of hydrogen-bond acceptors (Lipinski definition) is 3. The normalized spacial score (nSPS) is 23.1. The summed E-state index contributed by atoms with van der Waals surface area (Å²) in [7, 11) is 0. The van der Waals surface area contributed by atoms with Gasteiger partial charge in [-0.15, -0.1) is 0 Å². The number of hydrogen-bond donors (Lipinski definition) is 1. The zero-order valence-electron chi connectivity index (χ0n) is 11.3. The third-order valence-electron chi connectivity index (χ3n) is 3.56. The molecule has 2 rings (SSSR count). The highest BCUT2D eigenvalue weighted by Crippen LogP contribution is 2.26. The summed E-state index contributed by atoms with van der Waals surface area (Å²) in [5.41, 5.74) is 3.24. The van der Waals surface area contributed by atoms with Crippen LogP contribution in [0.1, 0.15) is 44.2 Å². The van der Waals surface area contributed by atoms with E-state index >= 15 is 0 Å². The van der Waals surface area contributed by atoms with Crippen LogP contribution in [-0.4, -0.2) is 23.5 Å². The van der Waals surface area contributed by atoms with Crippen LogP contribution in [0.5, 0.6) is 0 Å². The van der Waals surface area contributed by atoms with E-state index in [0.717, 1.165) is 17.7 Å². The summed E-state index contributed by atoms with van der Waals surface area (Å²) in [6.07, 6.45) is 0.872. The van der Waals surface area contributed by atoms with Gasteiger partial charge in [0.25, 0.3) is 0 Å². The molecule has 0 bridgehead atoms. The Morgan fingerprint density at radius 2 is 1.94 bits per heavy atom. The molecule has 0 aromatic heterocycles. The molecule has 3 nitrogen and oxygen atoms in total. The van der Waals surface area contributed by atoms with Crippen molar-refractivity contribution >= 4 is 5.71 Å². The van der Waals surface area contributed by atoms with Crippen molar-refractivity contribution in [3.05, 3.63) is 35.4 Å². The van der Waals surface area contributed by atoms with E-state index in [9.17, 15) is 5.11 Å². The van der Waals surface area contributed by atoms with Gasteiger partial charge in [-0.05, 0) is 23.5 Å². The minimum Gasteiger partial charge on any atom is -0.396 e. The molecular weight excluding hydrogens is 226 g/mol. The summed E-state index contributed by atoms with van der Waals surface area (Å²) >= 11 is 0. The van der Waals surface area contributed by atoms with Crippen molar-refractivity contribution in [3.8, 4) is 0 Å². The van der Waals surface area contributed by atoms with Crippen LogP contribution < -0.4 is 0 Å². The van der Waals surface area contributed by atoms with E-state index < -0.39 is 0 Å². The third-order valence-corrected chi connectivity index (χ3v) is 3.56. The van der Waals surface area contributed by atoms with Crippen molar-refractivity contribution in [2.45, 2.75) is 39.2 Å². The molecule has 0 fully saturated rings. The maximum atomic E-state index is 9.48. The van der Waals surface area contributed by atoms with Gasteiger partial charge in [-0.3, -0.25) is 0 Å². The van der Waals surface area contributed by atoms with Crippen LogP contribution in [-0.2, 0) is 4.84 Å². The number of benzene rings is 1. The number of rotatable bonds is 4. The van der Waals surface area contributed by atoms with Crippen LogP contribution in [0.25, 0.3) is 0 Å². The van der Waals surface area contributed by atoms with Crippen LogP contribution >= 0.6 is 0 Å². The second-order valence-electron chi connectivity index (χ2n) is 5.09. The Morgan fingerprint density at radius 3 is 2.44 bits per heavy atom. The highest BCUT2D eigenvalue weighted by atomic mass is 16.6. The lowest BCUT2D eigenvalue weighted by Crippen LogP contribution is -2.26. The van der Waals surface area contributed by atoms with Crippen LogP contribution in [0.3, 0.4) is 0 Å². The monoisotopic (exact) mass is 247 g/mol. The smallest absolute Gasteiger partial charge is 0.138 e. The zero-order chi connectivity index (χ0) is 13.1. The zero-order valence-corrected chi connectivity index (χ0v) is 11.3. The summed E-state index contributed by atoms with van der Waals surface area (Å²) in [5, 5.41) is 13.6. The summed E-state index contributed by atoms with van der Waals surface area (Å²) < 4.78 is 0. The standard InChI is InChI=1S/C15H21NO2/c1-4-14-13(9-17)15(16-18-14)12-7-5-11(6-8-12)10(2)3/h5-8,10,13-14,17H,4,9H2,1-3H3/t13-,14+/m1/s1. The maximum Gasteiger partial charge on any atom is 0.138 e. The van der Waals surface area contributed by atoms with Gasteiger partial charge in [-0.25, -0.2) is 0 Å². The predicted molar refractivity (Wildman–Crippen MR) is 72.8 cm³/mol. The van der Waals surface area contributed by atoms with Gasteiger partial charge in [-0.1, -0.05) is 50.2 Å². The minimum atomic E-state index is -0.0000926. The van der Waals surface area contributed by atoms with Crippen molar-refractivity contribution in [2.75, 3.05) is 6.61 Å². The van der Waals surface area contributed by atoms with E-state index in [1.807, 2.05) is 6.92 Å². The van der Waals surface area contributed by atoms with Crippen LogP contribution in [0.15, 0.2) is 29.4 Å². The molecule has 0 radical (unpaired) electrons. The van der Waals surface area contributed by atoms with Gasteiger partial charge in [0.2, 0.25) is 0 Å². The molecule has 0 saturated carbocycles. The van der Waals surface area contributed by atoms with Gasteiger partial charge >= 0.3 is 0 Å². The summed E-state index contributed by atoms with van der Waals surface area (Å²) in [6.45, 7) is 6.49.